The quantitative estimate of drug-likeness (QED) is 0.746. The number of hydrogen-bond acceptors (Lipinski definition) is 3. The van der Waals surface area contributed by atoms with Gasteiger partial charge in [-0.1, -0.05) is 32.0 Å². The molecule has 1 aromatic rings. The minimum atomic E-state index is -3.17. The lowest BCUT2D eigenvalue weighted by Crippen LogP contribution is -2.26. The van der Waals surface area contributed by atoms with Gasteiger partial charge in [0.1, 0.15) is 0 Å². The monoisotopic (exact) mass is 284 g/mol. The van der Waals surface area contributed by atoms with E-state index in [4.69, 9.17) is 0 Å². The smallest absolute Gasteiger partial charge is 0.178 e. The molecule has 108 valence electrons. The number of hydrogen-bond donors (Lipinski definition) is 1. The summed E-state index contributed by atoms with van der Waals surface area (Å²) in [5.74, 6) is 0.153. The van der Waals surface area contributed by atoms with E-state index in [0.717, 1.165) is 19.3 Å². The fraction of sp³-hybridized carbons (Fsp3) is 0.600. The molecule has 1 rings (SSSR count). The lowest BCUT2D eigenvalue weighted by molar-refractivity contribution is 0.0216. The maximum absolute atomic E-state index is 12.0. The highest BCUT2D eigenvalue weighted by atomic mass is 32.2. The van der Waals surface area contributed by atoms with Crippen molar-refractivity contribution < 1.29 is 13.5 Å². The molecule has 0 bridgehead atoms. The van der Waals surface area contributed by atoms with Gasteiger partial charge < -0.3 is 5.11 Å². The highest BCUT2D eigenvalue weighted by Crippen LogP contribution is 2.22. The van der Waals surface area contributed by atoms with Gasteiger partial charge in [0.15, 0.2) is 9.84 Å². The third-order valence-electron chi connectivity index (χ3n) is 3.72. The van der Waals surface area contributed by atoms with Gasteiger partial charge in [-0.15, -0.1) is 0 Å². The van der Waals surface area contributed by atoms with Crippen LogP contribution in [0.4, 0.5) is 0 Å². The fourth-order valence-corrected chi connectivity index (χ4v) is 3.49. The van der Waals surface area contributed by atoms with Gasteiger partial charge in [0.2, 0.25) is 0 Å². The largest absolute Gasteiger partial charge is 0.390 e. The van der Waals surface area contributed by atoms with Crippen LogP contribution in [-0.2, 0) is 9.84 Å². The number of unbranched alkanes of at least 4 members (excludes halogenated alkanes) is 1. The first-order chi connectivity index (χ1) is 8.93. The predicted octanol–water partition coefficient (Wildman–Crippen LogP) is 3.18. The maximum Gasteiger partial charge on any atom is 0.178 e. The van der Waals surface area contributed by atoms with Crippen LogP contribution in [0.15, 0.2) is 35.2 Å². The van der Waals surface area contributed by atoms with Crippen molar-refractivity contribution >= 4 is 9.84 Å². The molecule has 0 unspecified atom stereocenters. The van der Waals surface area contributed by atoms with E-state index in [1.807, 2.05) is 19.9 Å². The summed E-state index contributed by atoms with van der Waals surface area (Å²) in [5.41, 5.74) is -0.628. The molecule has 1 N–H and O–H groups in total. The van der Waals surface area contributed by atoms with Crippen LogP contribution in [-0.4, -0.2) is 24.9 Å². The van der Waals surface area contributed by atoms with Crippen LogP contribution in [0.25, 0.3) is 0 Å². The van der Waals surface area contributed by atoms with Gasteiger partial charge in [-0.25, -0.2) is 8.42 Å². The second-order valence-electron chi connectivity index (χ2n) is 5.02. The molecule has 1 aromatic carbocycles. The Morgan fingerprint density at radius 1 is 1.05 bits per heavy atom. The fourth-order valence-electron chi connectivity index (χ4n) is 2.10. The molecule has 0 aliphatic rings. The van der Waals surface area contributed by atoms with Gasteiger partial charge in [-0.05, 0) is 44.2 Å². The lowest BCUT2D eigenvalue weighted by atomic mass is 9.91. The molecule has 0 aromatic heterocycles. The predicted molar refractivity (Wildman–Crippen MR) is 77.9 cm³/mol. The van der Waals surface area contributed by atoms with Crippen molar-refractivity contribution in [2.45, 2.75) is 56.4 Å². The molecule has 3 nitrogen and oxygen atoms in total. The van der Waals surface area contributed by atoms with Crippen molar-refractivity contribution in [2.75, 3.05) is 5.75 Å². The van der Waals surface area contributed by atoms with Crippen molar-refractivity contribution in [3.05, 3.63) is 30.3 Å². The van der Waals surface area contributed by atoms with E-state index >= 15 is 0 Å². The zero-order chi connectivity index (χ0) is 14.4. The average molecular weight is 284 g/mol. The van der Waals surface area contributed by atoms with Gasteiger partial charge in [0, 0.05) is 0 Å². The highest BCUT2D eigenvalue weighted by Gasteiger charge is 2.22. The van der Waals surface area contributed by atoms with E-state index in [-0.39, 0.29) is 5.75 Å². The molecule has 0 amide bonds. The van der Waals surface area contributed by atoms with Crippen molar-refractivity contribution in [1.29, 1.82) is 0 Å². The Kier molecular flexibility index (Phi) is 6.01. The molecule has 19 heavy (non-hydrogen) atoms. The Morgan fingerprint density at radius 2 is 1.63 bits per heavy atom. The van der Waals surface area contributed by atoms with Crippen LogP contribution >= 0.6 is 0 Å². The molecule has 0 spiro atoms. The molecular weight excluding hydrogens is 260 g/mol. The topological polar surface area (TPSA) is 54.4 Å². The molecule has 0 fully saturated rings. The second-order valence-corrected chi connectivity index (χ2v) is 7.13. The van der Waals surface area contributed by atoms with Crippen molar-refractivity contribution in [1.82, 2.24) is 0 Å². The summed E-state index contributed by atoms with van der Waals surface area (Å²) in [4.78, 5) is 0.385. The number of rotatable bonds is 8. The molecule has 0 saturated carbocycles. The first kappa shape index (κ1) is 16.2. The lowest BCUT2D eigenvalue weighted by Gasteiger charge is -2.24. The van der Waals surface area contributed by atoms with E-state index in [9.17, 15) is 13.5 Å². The van der Waals surface area contributed by atoms with Gasteiger partial charge >= 0.3 is 0 Å². The highest BCUT2D eigenvalue weighted by molar-refractivity contribution is 7.91. The molecule has 0 saturated heterocycles. The average Bonchev–Trinajstić information content (AvgIpc) is 2.44. The molecule has 0 heterocycles. The van der Waals surface area contributed by atoms with Crippen LogP contribution in [0.5, 0.6) is 0 Å². The zero-order valence-electron chi connectivity index (χ0n) is 11.8. The van der Waals surface area contributed by atoms with E-state index in [2.05, 4.69) is 0 Å². The third kappa shape index (κ3) is 4.96. The summed E-state index contributed by atoms with van der Waals surface area (Å²) >= 11 is 0. The second kappa shape index (κ2) is 7.06. The summed E-state index contributed by atoms with van der Waals surface area (Å²) in [6.07, 6.45) is 3.44. The molecule has 0 aliphatic carbocycles. The summed E-state index contributed by atoms with van der Waals surface area (Å²) in [6.45, 7) is 3.93. The van der Waals surface area contributed by atoms with Gasteiger partial charge in [-0.3, -0.25) is 0 Å². The van der Waals surface area contributed by atoms with Crippen molar-refractivity contribution in [2.24, 2.45) is 0 Å². The number of aliphatic hydroxyl groups is 1. The molecule has 0 radical (unpaired) electrons. The Hall–Kier alpha value is -0.870. The van der Waals surface area contributed by atoms with E-state index in [1.54, 1.807) is 24.3 Å². The van der Waals surface area contributed by atoms with E-state index in [0.29, 0.717) is 17.7 Å². The van der Waals surface area contributed by atoms with Gasteiger partial charge in [0.05, 0.1) is 16.2 Å². The summed E-state index contributed by atoms with van der Waals surface area (Å²) in [7, 11) is -3.17. The van der Waals surface area contributed by atoms with Crippen LogP contribution in [0.2, 0.25) is 0 Å². The van der Waals surface area contributed by atoms with Crippen molar-refractivity contribution in [3.8, 4) is 0 Å². The standard InChI is InChI=1S/C15H24O3S/c1-3-15(16,4-2)12-8-9-13-19(17,18)14-10-6-5-7-11-14/h5-7,10-11,16H,3-4,8-9,12-13H2,1-2H3. The zero-order valence-corrected chi connectivity index (χ0v) is 12.6. The maximum atomic E-state index is 12.0. The summed E-state index contributed by atoms with van der Waals surface area (Å²) in [6, 6.07) is 8.54. The summed E-state index contributed by atoms with van der Waals surface area (Å²) < 4.78 is 24.1. The van der Waals surface area contributed by atoms with Gasteiger partial charge in [-0.2, -0.15) is 0 Å². The van der Waals surface area contributed by atoms with Crippen LogP contribution in [0.3, 0.4) is 0 Å². The Bertz CT molecular complexity index is 461. The molecule has 0 atom stereocenters. The van der Waals surface area contributed by atoms with E-state index < -0.39 is 15.4 Å². The molecule has 4 heteroatoms. The first-order valence-corrected chi connectivity index (χ1v) is 8.59. The molecular formula is C15H24O3S. The minimum absolute atomic E-state index is 0.153. The van der Waals surface area contributed by atoms with E-state index in [1.165, 1.54) is 0 Å². The third-order valence-corrected chi connectivity index (χ3v) is 5.54. The normalized spacial score (nSPS) is 12.6. The summed E-state index contributed by atoms with van der Waals surface area (Å²) in [5, 5.41) is 10.1. The van der Waals surface area contributed by atoms with Gasteiger partial charge in [0.25, 0.3) is 0 Å². The van der Waals surface area contributed by atoms with Crippen LogP contribution in [0.1, 0.15) is 46.0 Å². The van der Waals surface area contributed by atoms with Crippen molar-refractivity contribution in [3.63, 3.8) is 0 Å². The molecule has 0 aliphatic heterocycles. The first-order valence-electron chi connectivity index (χ1n) is 6.94. The number of sulfone groups is 1. The Balaban J connectivity index is 2.46. The Labute approximate surface area is 116 Å². The Morgan fingerprint density at radius 3 is 2.16 bits per heavy atom. The van der Waals surface area contributed by atoms with Crippen LogP contribution < -0.4 is 0 Å². The SMILES string of the molecule is CCC(O)(CC)CCCCS(=O)(=O)c1ccccc1. The number of benzene rings is 1. The van der Waals surface area contributed by atoms with Crippen LogP contribution in [0, 0.1) is 0 Å². The minimum Gasteiger partial charge on any atom is -0.390 e.